The molecular weight excluding hydrogens is 218 g/mol. The van der Waals surface area contributed by atoms with Crippen molar-refractivity contribution in [3.05, 3.63) is 48.0 Å². The number of aliphatic carboxylic acids is 1. The Morgan fingerprint density at radius 3 is 2.29 bits per heavy atom. The number of rotatable bonds is 2. The van der Waals surface area contributed by atoms with Crippen LogP contribution in [0.25, 0.3) is 10.8 Å². The van der Waals surface area contributed by atoms with Gasteiger partial charge in [-0.25, -0.2) is 0 Å². The third-order valence-electron chi connectivity index (χ3n) is 2.08. The second-order valence-corrected chi connectivity index (χ2v) is 3.32. The van der Waals surface area contributed by atoms with Gasteiger partial charge >= 0.3 is 5.97 Å². The van der Waals surface area contributed by atoms with Crippen molar-refractivity contribution in [1.29, 1.82) is 0 Å². The monoisotopic (exact) mass is 231 g/mol. The van der Waals surface area contributed by atoms with Crippen LogP contribution in [0.1, 0.15) is 10.4 Å². The van der Waals surface area contributed by atoms with Crippen LogP contribution >= 0.6 is 0 Å². The van der Waals surface area contributed by atoms with Crippen LogP contribution in [-0.2, 0) is 4.79 Å². The molecule has 0 unspecified atom stereocenters. The molecule has 4 nitrogen and oxygen atoms in total. The van der Waals surface area contributed by atoms with Gasteiger partial charge in [-0.1, -0.05) is 36.4 Å². The standard InChI is InChI=1S/C11H8O.C2H5NO2/c12-8-9-5-6-10-3-1-2-4-11(10)7-9;3-1-2(4)5/h1-8H;1,3H2,(H,4,5). The zero-order chi connectivity index (χ0) is 12.7. The van der Waals surface area contributed by atoms with Gasteiger partial charge < -0.3 is 10.8 Å². The number of hydrogen-bond donors (Lipinski definition) is 2. The topological polar surface area (TPSA) is 80.4 Å². The van der Waals surface area contributed by atoms with Crippen molar-refractivity contribution in [2.24, 2.45) is 5.73 Å². The molecule has 2 aromatic carbocycles. The SMILES string of the molecule is NCC(=O)O.O=Cc1ccc2ccccc2c1. The van der Waals surface area contributed by atoms with E-state index in [4.69, 9.17) is 5.11 Å². The van der Waals surface area contributed by atoms with E-state index in [0.717, 1.165) is 17.2 Å². The molecule has 4 heteroatoms. The van der Waals surface area contributed by atoms with E-state index in [2.05, 4.69) is 5.73 Å². The van der Waals surface area contributed by atoms with E-state index in [1.165, 1.54) is 5.39 Å². The lowest BCUT2D eigenvalue weighted by atomic mass is 10.1. The highest BCUT2D eigenvalue weighted by atomic mass is 16.4. The van der Waals surface area contributed by atoms with Crippen molar-refractivity contribution in [2.75, 3.05) is 6.54 Å². The molecule has 0 saturated carbocycles. The molecule has 0 aliphatic heterocycles. The van der Waals surface area contributed by atoms with E-state index >= 15 is 0 Å². The number of nitrogens with two attached hydrogens (primary N) is 1. The summed E-state index contributed by atoms with van der Waals surface area (Å²) in [6.45, 7) is -0.278. The molecule has 0 amide bonds. The van der Waals surface area contributed by atoms with E-state index in [9.17, 15) is 9.59 Å². The first kappa shape index (κ1) is 12.9. The van der Waals surface area contributed by atoms with Crippen LogP contribution in [-0.4, -0.2) is 23.9 Å². The molecule has 0 aliphatic carbocycles. The summed E-state index contributed by atoms with van der Waals surface area (Å²) in [5.41, 5.74) is 5.30. The highest BCUT2D eigenvalue weighted by Gasteiger charge is 1.92. The van der Waals surface area contributed by atoms with Crippen molar-refractivity contribution < 1.29 is 14.7 Å². The first-order valence-corrected chi connectivity index (χ1v) is 5.03. The van der Waals surface area contributed by atoms with Crippen molar-refractivity contribution in [2.45, 2.75) is 0 Å². The normalized spacial score (nSPS) is 9.24. The number of hydrogen-bond acceptors (Lipinski definition) is 3. The molecule has 2 aromatic rings. The van der Waals surface area contributed by atoms with Gasteiger partial charge in [0.15, 0.2) is 0 Å². The number of carbonyl (C=O) groups excluding carboxylic acids is 1. The van der Waals surface area contributed by atoms with Crippen LogP contribution in [0.4, 0.5) is 0 Å². The maximum atomic E-state index is 10.5. The predicted molar refractivity (Wildman–Crippen MR) is 66.0 cm³/mol. The number of carbonyl (C=O) groups is 2. The van der Waals surface area contributed by atoms with E-state index < -0.39 is 5.97 Å². The highest BCUT2D eigenvalue weighted by molar-refractivity contribution is 5.88. The number of fused-ring (bicyclic) bond motifs is 1. The summed E-state index contributed by atoms with van der Waals surface area (Å²) < 4.78 is 0. The van der Waals surface area contributed by atoms with Gasteiger partial charge in [0.25, 0.3) is 0 Å². The summed E-state index contributed by atoms with van der Waals surface area (Å²) in [5.74, 6) is -0.968. The van der Waals surface area contributed by atoms with Crippen molar-refractivity contribution in [3.63, 3.8) is 0 Å². The van der Waals surface area contributed by atoms with Crippen molar-refractivity contribution in [3.8, 4) is 0 Å². The van der Waals surface area contributed by atoms with Gasteiger partial charge in [0, 0.05) is 5.56 Å². The van der Waals surface area contributed by atoms with Crippen molar-refractivity contribution >= 4 is 23.0 Å². The van der Waals surface area contributed by atoms with Gasteiger partial charge in [-0.05, 0) is 16.8 Å². The highest BCUT2D eigenvalue weighted by Crippen LogP contribution is 2.14. The van der Waals surface area contributed by atoms with Gasteiger partial charge in [-0.2, -0.15) is 0 Å². The second kappa shape index (κ2) is 6.40. The first-order chi connectivity index (χ1) is 8.17. The summed E-state index contributed by atoms with van der Waals surface area (Å²) in [6, 6.07) is 13.7. The molecule has 0 saturated heterocycles. The predicted octanol–water partition coefficient (Wildman–Crippen LogP) is 1.68. The maximum absolute atomic E-state index is 10.5. The molecule has 88 valence electrons. The zero-order valence-electron chi connectivity index (χ0n) is 9.17. The Morgan fingerprint density at radius 2 is 1.76 bits per heavy atom. The molecule has 0 spiro atoms. The Kier molecular flexibility index (Phi) is 4.84. The summed E-state index contributed by atoms with van der Waals surface area (Å²) in [4.78, 5) is 19.7. The molecule has 2 rings (SSSR count). The molecule has 0 aromatic heterocycles. The average Bonchev–Trinajstić information content (AvgIpc) is 2.38. The quantitative estimate of drug-likeness (QED) is 0.770. The maximum Gasteiger partial charge on any atom is 0.317 e. The lowest BCUT2D eigenvalue weighted by Crippen LogP contribution is -2.10. The third kappa shape index (κ3) is 4.04. The number of benzene rings is 2. The molecule has 3 N–H and O–H groups in total. The van der Waals surface area contributed by atoms with E-state index in [1.807, 2.05) is 42.5 Å². The largest absolute Gasteiger partial charge is 0.480 e. The Bertz CT molecular complexity index is 523. The molecule has 17 heavy (non-hydrogen) atoms. The summed E-state index contributed by atoms with van der Waals surface area (Å²) in [5, 5.41) is 9.88. The fourth-order valence-electron chi connectivity index (χ4n) is 1.28. The fraction of sp³-hybridized carbons (Fsp3) is 0.0769. The minimum absolute atomic E-state index is 0.278. The molecule has 0 atom stereocenters. The number of carboxylic acid groups (broad SMARTS) is 1. The second-order valence-electron chi connectivity index (χ2n) is 3.32. The van der Waals surface area contributed by atoms with E-state index in [0.29, 0.717) is 0 Å². The lowest BCUT2D eigenvalue weighted by Gasteiger charge is -1.96. The molecule has 0 bridgehead atoms. The average molecular weight is 231 g/mol. The van der Waals surface area contributed by atoms with Crippen LogP contribution in [0.3, 0.4) is 0 Å². The number of aldehydes is 1. The number of carboxylic acids is 1. The van der Waals surface area contributed by atoms with Gasteiger partial charge in [0.1, 0.15) is 6.29 Å². The Labute approximate surface area is 98.7 Å². The lowest BCUT2D eigenvalue weighted by molar-refractivity contribution is -0.135. The van der Waals surface area contributed by atoms with Crippen LogP contribution in [0.15, 0.2) is 42.5 Å². The molecule has 0 heterocycles. The fourth-order valence-corrected chi connectivity index (χ4v) is 1.28. The Hall–Kier alpha value is -2.20. The minimum Gasteiger partial charge on any atom is -0.480 e. The van der Waals surface area contributed by atoms with Gasteiger partial charge in [-0.3, -0.25) is 9.59 Å². The van der Waals surface area contributed by atoms with E-state index in [-0.39, 0.29) is 6.54 Å². The Balaban J connectivity index is 0.000000249. The first-order valence-electron chi connectivity index (χ1n) is 5.03. The van der Waals surface area contributed by atoms with Crippen LogP contribution in [0.5, 0.6) is 0 Å². The summed E-state index contributed by atoms with van der Waals surface area (Å²) >= 11 is 0. The van der Waals surface area contributed by atoms with Gasteiger partial charge in [0.2, 0.25) is 0 Å². The third-order valence-corrected chi connectivity index (χ3v) is 2.08. The van der Waals surface area contributed by atoms with Gasteiger partial charge in [-0.15, -0.1) is 0 Å². The summed E-state index contributed by atoms with van der Waals surface area (Å²) in [6.07, 6.45) is 0.867. The van der Waals surface area contributed by atoms with Crippen LogP contribution < -0.4 is 5.73 Å². The van der Waals surface area contributed by atoms with Crippen LogP contribution in [0.2, 0.25) is 0 Å². The Morgan fingerprint density at radius 1 is 1.18 bits per heavy atom. The molecule has 0 fully saturated rings. The smallest absolute Gasteiger partial charge is 0.317 e. The minimum atomic E-state index is -0.968. The summed E-state index contributed by atoms with van der Waals surface area (Å²) in [7, 11) is 0. The van der Waals surface area contributed by atoms with Crippen LogP contribution in [0, 0.1) is 0 Å². The molecule has 0 radical (unpaired) electrons. The molecule has 0 aliphatic rings. The van der Waals surface area contributed by atoms with Crippen molar-refractivity contribution in [1.82, 2.24) is 0 Å². The zero-order valence-corrected chi connectivity index (χ0v) is 9.17. The van der Waals surface area contributed by atoms with E-state index in [1.54, 1.807) is 0 Å². The van der Waals surface area contributed by atoms with Gasteiger partial charge in [0.05, 0.1) is 6.54 Å². The molecular formula is C13H13NO3.